The number of aryl methyl sites for hydroxylation is 1. The molecule has 4 nitrogen and oxygen atoms in total. The van der Waals surface area contributed by atoms with Gasteiger partial charge in [0.1, 0.15) is 11.6 Å². The molecule has 0 aliphatic carbocycles. The molecule has 5 heteroatoms. The quantitative estimate of drug-likeness (QED) is 0.553. The van der Waals surface area contributed by atoms with Crippen molar-refractivity contribution in [3.63, 3.8) is 0 Å². The van der Waals surface area contributed by atoms with Gasteiger partial charge in [-0.25, -0.2) is 9.37 Å². The lowest BCUT2D eigenvalue weighted by Crippen LogP contribution is -2.40. The smallest absolute Gasteiger partial charge is 0.123 e. The van der Waals surface area contributed by atoms with Crippen molar-refractivity contribution in [1.29, 1.82) is 0 Å². The zero-order valence-corrected chi connectivity index (χ0v) is 15.3. The van der Waals surface area contributed by atoms with Crippen molar-refractivity contribution in [3.05, 3.63) is 84.2 Å². The minimum atomic E-state index is -0.178. The molecule has 1 atom stereocenters. The van der Waals surface area contributed by atoms with Crippen molar-refractivity contribution in [2.24, 2.45) is 0 Å². The Balaban J connectivity index is 1.29. The summed E-state index contributed by atoms with van der Waals surface area (Å²) in [7, 11) is 0. The van der Waals surface area contributed by atoms with Gasteiger partial charge < -0.3 is 9.30 Å². The van der Waals surface area contributed by atoms with E-state index >= 15 is 0 Å². The number of halogens is 1. The average molecular weight is 365 g/mol. The Morgan fingerprint density at radius 2 is 2.04 bits per heavy atom. The number of nitrogens with zero attached hydrogens (tertiary/aromatic N) is 3. The summed E-state index contributed by atoms with van der Waals surface area (Å²) < 4.78 is 21.1. The highest BCUT2D eigenvalue weighted by molar-refractivity contribution is 5.29. The van der Waals surface area contributed by atoms with Crippen molar-refractivity contribution in [2.75, 3.05) is 13.2 Å². The number of ether oxygens (including phenoxy) is 1. The SMILES string of the molecule is Fc1ccc([C@H]2CCN2Cc2cccc(OCCCn3ccnc3)c2)cc1. The zero-order chi connectivity index (χ0) is 18.5. The van der Waals surface area contributed by atoms with Crippen LogP contribution in [0.2, 0.25) is 0 Å². The molecule has 0 amide bonds. The van der Waals surface area contributed by atoms with E-state index in [0.29, 0.717) is 12.6 Å². The fourth-order valence-corrected chi connectivity index (χ4v) is 3.52. The Bertz CT molecular complexity index is 848. The third-order valence-electron chi connectivity index (χ3n) is 5.06. The van der Waals surface area contributed by atoms with Gasteiger partial charge in [-0.05, 0) is 48.2 Å². The second-order valence-electron chi connectivity index (χ2n) is 6.98. The van der Waals surface area contributed by atoms with E-state index in [0.717, 1.165) is 38.2 Å². The maximum absolute atomic E-state index is 13.1. The van der Waals surface area contributed by atoms with Crippen LogP contribution in [0.1, 0.15) is 30.0 Å². The third kappa shape index (κ3) is 4.55. The fourth-order valence-electron chi connectivity index (χ4n) is 3.52. The summed E-state index contributed by atoms with van der Waals surface area (Å²) in [6.45, 7) is 3.54. The first-order valence-electron chi connectivity index (χ1n) is 9.45. The van der Waals surface area contributed by atoms with Crippen LogP contribution in [0.3, 0.4) is 0 Å². The number of benzene rings is 2. The van der Waals surface area contributed by atoms with E-state index in [9.17, 15) is 4.39 Å². The van der Waals surface area contributed by atoms with Gasteiger partial charge in [0, 0.05) is 38.1 Å². The molecule has 140 valence electrons. The molecule has 1 aliphatic rings. The number of hydrogen-bond donors (Lipinski definition) is 0. The summed E-state index contributed by atoms with van der Waals surface area (Å²) >= 11 is 0. The molecule has 0 bridgehead atoms. The van der Waals surface area contributed by atoms with Gasteiger partial charge in [-0.1, -0.05) is 24.3 Å². The summed E-state index contributed by atoms with van der Waals surface area (Å²) in [5.74, 6) is 0.736. The van der Waals surface area contributed by atoms with Gasteiger partial charge in [0.15, 0.2) is 0 Å². The largest absolute Gasteiger partial charge is 0.494 e. The predicted octanol–water partition coefficient (Wildman–Crippen LogP) is 4.44. The van der Waals surface area contributed by atoms with E-state index in [2.05, 4.69) is 26.6 Å². The van der Waals surface area contributed by atoms with Crippen LogP contribution in [0.5, 0.6) is 5.75 Å². The second kappa shape index (κ2) is 8.35. The fraction of sp³-hybridized carbons (Fsp3) is 0.318. The molecule has 1 saturated heterocycles. The molecule has 0 unspecified atom stereocenters. The Kier molecular flexibility index (Phi) is 5.49. The van der Waals surface area contributed by atoms with Gasteiger partial charge in [-0.3, -0.25) is 4.90 Å². The van der Waals surface area contributed by atoms with Crippen LogP contribution in [-0.4, -0.2) is 27.6 Å². The molecule has 4 rings (SSSR count). The zero-order valence-electron chi connectivity index (χ0n) is 15.3. The molecule has 0 radical (unpaired) electrons. The van der Waals surface area contributed by atoms with Crippen LogP contribution in [0.15, 0.2) is 67.3 Å². The maximum atomic E-state index is 13.1. The van der Waals surface area contributed by atoms with E-state index in [4.69, 9.17) is 4.74 Å². The summed E-state index contributed by atoms with van der Waals surface area (Å²) in [6, 6.07) is 15.6. The van der Waals surface area contributed by atoms with Gasteiger partial charge in [-0.2, -0.15) is 0 Å². The molecule has 2 aromatic carbocycles. The third-order valence-corrected chi connectivity index (χ3v) is 5.06. The van der Waals surface area contributed by atoms with E-state index in [1.165, 1.54) is 11.1 Å². The van der Waals surface area contributed by atoms with E-state index < -0.39 is 0 Å². The summed E-state index contributed by atoms with van der Waals surface area (Å²) in [5.41, 5.74) is 2.43. The molecule has 0 saturated carbocycles. The topological polar surface area (TPSA) is 30.3 Å². The molecule has 1 fully saturated rings. The number of likely N-dealkylation sites (tertiary alicyclic amines) is 1. The Hall–Kier alpha value is -2.66. The first-order valence-corrected chi connectivity index (χ1v) is 9.45. The van der Waals surface area contributed by atoms with Crippen LogP contribution in [0.4, 0.5) is 4.39 Å². The Labute approximate surface area is 159 Å². The number of imidazole rings is 1. The molecular weight excluding hydrogens is 341 g/mol. The van der Waals surface area contributed by atoms with Crippen molar-refractivity contribution in [1.82, 2.24) is 14.5 Å². The van der Waals surface area contributed by atoms with E-state index in [-0.39, 0.29) is 5.82 Å². The number of aromatic nitrogens is 2. The van der Waals surface area contributed by atoms with Crippen molar-refractivity contribution < 1.29 is 9.13 Å². The summed E-state index contributed by atoms with van der Waals surface area (Å²) in [5, 5.41) is 0. The highest BCUT2D eigenvalue weighted by Crippen LogP contribution is 2.34. The first-order chi connectivity index (χ1) is 13.3. The van der Waals surface area contributed by atoms with Gasteiger partial charge in [0.05, 0.1) is 12.9 Å². The first kappa shape index (κ1) is 17.7. The van der Waals surface area contributed by atoms with Crippen LogP contribution in [0.25, 0.3) is 0 Å². The van der Waals surface area contributed by atoms with Crippen LogP contribution < -0.4 is 4.74 Å². The predicted molar refractivity (Wildman–Crippen MR) is 103 cm³/mol. The Morgan fingerprint density at radius 1 is 1.15 bits per heavy atom. The average Bonchev–Trinajstić information content (AvgIpc) is 3.18. The van der Waals surface area contributed by atoms with Crippen molar-refractivity contribution in [2.45, 2.75) is 32.0 Å². The number of rotatable bonds is 8. The molecule has 0 spiro atoms. The molecule has 1 aliphatic heterocycles. The van der Waals surface area contributed by atoms with E-state index in [1.807, 2.05) is 36.8 Å². The van der Waals surface area contributed by atoms with Crippen LogP contribution in [-0.2, 0) is 13.1 Å². The normalized spacial score (nSPS) is 16.9. The minimum absolute atomic E-state index is 0.178. The second-order valence-corrected chi connectivity index (χ2v) is 6.98. The molecule has 1 aromatic heterocycles. The highest BCUT2D eigenvalue weighted by Gasteiger charge is 2.29. The van der Waals surface area contributed by atoms with Gasteiger partial charge in [0.2, 0.25) is 0 Å². The molecule has 3 aromatic rings. The van der Waals surface area contributed by atoms with Crippen molar-refractivity contribution >= 4 is 0 Å². The molecule has 27 heavy (non-hydrogen) atoms. The molecular formula is C22H24FN3O. The summed E-state index contributed by atoms with van der Waals surface area (Å²) in [6.07, 6.45) is 7.64. The van der Waals surface area contributed by atoms with E-state index in [1.54, 1.807) is 18.3 Å². The molecule has 0 N–H and O–H groups in total. The van der Waals surface area contributed by atoms with Gasteiger partial charge >= 0.3 is 0 Å². The molecule has 2 heterocycles. The maximum Gasteiger partial charge on any atom is 0.123 e. The highest BCUT2D eigenvalue weighted by atomic mass is 19.1. The lowest BCUT2D eigenvalue weighted by molar-refractivity contribution is 0.0817. The standard InChI is InChI=1S/C22H24FN3O/c23-20-7-5-19(6-8-20)22-9-12-26(22)16-18-3-1-4-21(15-18)27-14-2-11-25-13-10-24-17-25/h1,3-8,10,13,15,17,22H,2,9,11-12,14,16H2/t22-/m1/s1. The monoisotopic (exact) mass is 365 g/mol. The lowest BCUT2D eigenvalue weighted by atomic mass is 9.94. The number of hydrogen-bond acceptors (Lipinski definition) is 3. The van der Waals surface area contributed by atoms with Gasteiger partial charge in [0.25, 0.3) is 0 Å². The van der Waals surface area contributed by atoms with Crippen molar-refractivity contribution in [3.8, 4) is 5.75 Å². The van der Waals surface area contributed by atoms with Crippen LogP contribution >= 0.6 is 0 Å². The summed E-state index contributed by atoms with van der Waals surface area (Å²) in [4.78, 5) is 6.46. The minimum Gasteiger partial charge on any atom is -0.494 e. The van der Waals surface area contributed by atoms with Crippen LogP contribution in [0, 0.1) is 5.82 Å². The van der Waals surface area contributed by atoms with Gasteiger partial charge in [-0.15, -0.1) is 0 Å². The Morgan fingerprint density at radius 3 is 2.78 bits per heavy atom. The lowest BCUT2D eigenvalue weighted by Gasteiger charge is -2.41.